The lowest BCUT2D eigenvalue weighted by molar-refractivity contribution is 0.0694. The van der Waals surface area contributed by atoms with E-state index in [1.165, 1.54) is 0 Å². The van der Waals surface area contributed by atoms with Gasteiger partial charge in [0.15, 0.2) is 0 Å². The second-order valence-electron chi connectivity index (χ2n) is 3.79. The van der Waals surface area contributed by atoms with Crippen molar-refractivity contribution in [2.45, 2.75) is 6.42 Å². The third kappa shape index (κ3) is 3.13. The van der Waals surface area contributed by atoms with Gasteiger partial charge in [0.1, 0.15) is 11.4 Å². The number of aromatic carboxylic acids is 1. The Bertz CT molecular complexity index is 698. The van der Waals surface area contributed by atoms with Crippen molar-refractivity contribution in [1.82, 2.24) is 9.97 Å². The van der Waals surface area contributed by atoms with Crippen LogP contribution in [0, 0.1) is 0 Å². The second kappa shape index (κ2) is 5.42. The molecule has 7 heteroatoms. The van der Waals surface area contributed by atoms with Gasteiger partial charge in [-0.1, -0.05) is 29.3 Å². The molecule has 0 fully saturated rings. The molecule has 2 aromatic rings. The molecule has 0 bridgehead atoms. The van der Waals surface area contributed by atoms with Crippen LogP contribution in [0.25, 0.3) is 0 Å². The first-order valence-electron chi connectivity index (χ1n) is 5.23. The van der Waals surface area contributed by atoms with E-state index >= 15 is 0 Å². The van der Waals surface area contributed by atoms with Gasteiger partial charge < -0.3 is 10.1 Å². The number of hydrogen-bond acceptors (Lipinski definition) is 3. The molecule has 19 heavy (non-hydrogen) atoms. The van der Waals surface area contributed by atoms with E-state index in [2.05, 4.69) is 9.97 Å². The van der Waals surface area contributed by atoms with E-state index in [0.29, 0.717) is 15.9 Å². The van der Waals surface area contributed by atoms with Crippen LogP contribution in [0.5, 0.6) is 0 Å². The fraction of sp³-hybridized carbons (Fsp3) is 0.0833. The van der Waals surface area contributed by atoms with Gasteiger partial charge in [0.2, 0.25) is 0 Å². The van der Waals surface area contributed by atoms with Crippen LogP contribution in [0.2, 0.25) is 10.0 Å². The van der Waals surface area contributed by atoms with Crippen LogP contribution in [0.4, 0.5) is 0 Å². The first-order chi connectivity index (χ1) is 8.97. The highest BCUT2D eigenvalue weighted by Gasteiger charge is 2.11. The minimum atomic E-state index is -1.31. The predicted octanol–water partition coefficient (Wildman–Crippen LogP) is 2.37. The van der Waals surface area contributed by atoms with Crippen molar-refractivity contribution in [3.05, 3.63) is 61.7 Å². The zero-order valence-corrected chi connectivity index (χ0v) is 11.0. The SMILES string of the molecule is O=C(O)c1cnc(Cc2ccc(Cl)cc2Cl)[nH]c1=O. The highest BCUT2D eigenvalue weighted by atomic mass is 35.5. The van der Waals surface area contributed by atoms with Gasteiger partial charge in [-0.05, 0) is 17.7 Å². The van der Waals surface area contributed by atoms with Crippen molar-refractivity contribution in [3.8, 4) is 0 Å². The Hall–Kier alpha value is -1.85. The summed E-state index contributed by atoms with van der Waals surface area (Å²) in [7, 11) is 0. The Morgan fingerprint density at radius 3 is 2.68 bits per heavy atom. The van der Waals surface area contributed by atoms with Gasteiger partial charge in [0.25, 0.3) is 5.56 Å². The minimum absolute atomic E-state index is 0.283. The third-order valence-corrected chi connectivity index (χ3v) is 3.04. The standard InChI is InChI=1S/C12H8Cl2N2O3/c13-7-2-1-6(9(14)4-7)3-10-15-5-8(12(18)19)11(17)16-10/h1-2,4-5H,3H2,(H,18,19)(H,15,16,17). The summed E-state index contributed by atoms with van der Waals surface area (Å²) in [5, 5.41) is 9.69. The van der Waals surface area contributed by atoms with Crippen LogP contribution in [0.3, 0.4) is 0 Å². The average molecular weight is 299 g/mol. The van der Waals surface area contributed by atoms with Gasteiger partial charge >= 0.3 is 5.97 Å². The molecule has 5 nitrogen and oxygen atoms in total. The topological polar surface area (TPSA) is 83.0 Å². The molecule has 0 amide bonds. The van der Waals surface area contributed by atoms with Gasteiger partial charge in [0, 0.05) is 22.7 Å². The fourth-order valence-electron chi connectivity index (χ4n) is 1.52. The molecular weight excluding hydrogens is 291 g/mol. The maximum atomic E-state index is 11.5. The first kappa shape index (κ1) is 13.6. The Balaban J connectivity index is 2.31. The molecule has 2 rings (SSSR count). The Morgan fingerprint density at radius 2 is 2.11 bits per heavy atom. The molecule has 0 radical (unpaired) electrons. The number of benzene rings is 1. The maximum absolute atomic E-state index is 11.5. The molecule has 0 aliphatic heterocycles. The van der Waals surface area contributed by atoms with Crippen LogP contribution in [-0.2, 0) is 6.42 Å². The van der Waals surface area contributed by atoms with Crippen LogP contribution < -0.4 is 5.56 Å². The number of aromatic nitrogens is 2. The number of H-pyrrole nitrogens is 1. The molecule has 0 aliphatic carbocycles. The molecule has 1 aromatic carbocycles. The monoisotopic (exact) mass is 298 g/mol. The molecule has 1 heterocycles. The summed E-state index contributed by atoms with van der Waals surface area (Å²) < 4.78 is 0. The average Bonchev–Trinajstić information content (AvgIpc) is 2.32. The molecule has 2 N–H and O–H groups in total. The van der Waals surface area contributed by atoms with Crippen LogP contribution in [-0.4, -0.2) is 21.0 Å². The molecule has 0 saturated heterocycles. The van der Waals surface area contributed by atoms with Crippen molar-refractivity contribution in [3.63, 3.8) is 0 Å². The summed E-state index contributed by atoms with van der Waals surface area (Å²) in [5.74, 6) is -0.982. The van der Waals surface area contributed by atoms with E-state index in [-0.39, 0.29) is 6.42 Å². The molecular formula is C12H8Cl2N2O3. The number of rotatable bonds is 3. The summed E-state index contributed by atoms with van der Waals surface area (Å²) in [4.78, 5) is 28.5. The Kier molecular flexibility index (Phi) is 3.87. The molecule has 0 unspecified atom stereocenters. The summed E-state index contributed by atoms with van der Waals surface area (Å²) >= 11 is 11.8. The maximum Gasteiger partial charge on any atom is 0.342 e. The van der Waals surface area contributed by atoms with Gasteiger partial charge in [-0.15, -0.1) is 0 Å². The molecule has 0 atom stereocenters. The molecule has 1 aromatic heterocycles. The number of halogens is 2. The van der Waals surface area contributed by atoms with Gasteiger partial charge in [-0.2, -0.15) is 0 Å². The number of nitrogens with zero attached hydrogens (tertiary/aromatic N) is 1. The molecule has 0 saturated carbocycles. The molecule has 98 valence electrons. The number of carboxylic acids is 1. The van der Waals surface area contributed by atoms with Crippen molar-refractivity contribution < 1.29 is 9.90 Å². The Morgan fingerprint density at radius 1 is 1.37 bits per heavy atom. The molecule has 0 aliphatic rings. The van der Waals surface area contributed by atoms with E-state index in [1.54, 1.807) is 18.2 Å². The minimum Gasteiger partial charge on any atom is -0.477 e. The first-order valence-corrected chi connectivity index (χ1v) is 5.98. The van der Waals surface area contributed by atoms with Crippen LogP contribution in [0.1, 0.15) is 21.7 Å². The van der Waals surface area contributed by atoms with Crippen LogP contribution in [0.15, 0.2) is 29.2 Å². The zero-order chi connectivity index (χ0) is 14.0. The lowest BCUT2D eigenvalue weighted by atomic mass is 10.1. The summed E-state index contributed by atoms with van der Waals surface area (Å²) in [6.45, 7) is 0. The summed E-state index contributed by atoms with van der Waals surface area (Å²) in [5.41, 5.74) is -0.356. The smallest absolute Gasteiger partial charge is 0.342 e. The lowest BCUT2D eigenvalue weighted by Gasteiger charge is -2.04. The van der Waals surface area contributed by atoms with E-state index < -0.39 is 17.1 Å². The second-order valence-corrected chi connectivity index (χ2v) is 4.63. The third-order valence-electron chi connectivity index (χ3n) is 2.46. The van der Waals surface area contributed by atoms with E-state index in [1.807, 2.05) is 0 Å². The quantitative estimate of drug-likeness (QED) is 0.911. The zero-order valence-electron chi connectivity index (χ0n) is 9.48. The number of aromatic amines is 1. The van der Waals surface area contributed by atoms with Gasteiger partial charge in [0.05, 0.1) is 0 Å². The molecule has 0 spiro atoms. The highest BCUT2D eigenvalue weighted by Crippen LogP contribution is 2.22. The van der Waals surface area contributed by atoms with Crippen LogP contribution >= 0.6 is 23.2 Å². The van der Waals surface area contributed by atoms with Crippen molar-refractivity contribution in [2.24, 2.45) is 0 Å². The lowest BCUT2D eigenvalue weighted by Crippen LogP contribution is -2.20. The number of nitrogens with one attached hydrogen (secondary N) is 1. The normalized spacial score (nSPS) is 10.4. The number of hydrogen-bond donors (Lipinski definition) is 2. The predicted molar refractivity (Wildman–Crippen MR) is 71.1 cm³/mol. The Labute approximate surface area is 117 Å². The van der Waals surface area contributed by atoms with Crippen molar-refractivity contribution >= 4 is 29.2 Å². The van der Waals surface area contributed by atoms with Crippen molar-refractivity contribution in [2.75, 3.05) is 0 Å². The number of carbonyl (C=O) groups is 1. The van der Waals surface area contributed by atoms with E-state index in [4.69, 9.17) is 28.3 Å². The highest BCUT2D eigenvalue weighted by molar-refractivity contribution is 6.35. The van der Waals surface area contributed by atoms with E-state index in [9.17, 15) is 9.59 Å². The van der Waals surface area contributed by atoms with E-state index in [0.717, 1.165) is 11.8 Å². The van der Waals surface area contributed by atoms with Gasteiger partial charge in [-0.25, -0.2) is 9.78 Å². The van der Waals surface area contributed by atoms with Crippen molar-refractivity contribution in [1.29, 1.82) is 0 Å². The summed E-state index contributed by atoms with van der Waals surface area (Å²) in [6, 6.07) is 4.98. The number of carboxylic acid groups (broad SMARTS) is 1. The summed E-state index contributed by atoms with van der Waals surface area (Å²) in [6.07, 6.45) is 1.31. The largest absolute Gasteiger partial charge is 0.477 e. The fourth-order valence-corrected chi connectivity index (χ4v) is 1.99. The van der Waals surface area contributed by atoms with Gasteiger partial charge in [-0.3, -0.25) is 4.79 Å².